The first-order valence-corrected chi connectivity index (χ1v) is 7.95. The van der Waals surface area contributed by atoms with Gasteiger partial charge in [0.15, 0.2) is 0 Å². The van der Waals surface area contributed by atoms with E-state index in [9.17, 15) is 4.79 Å². The van der Waals surface area contributed by atoms with Crippen LogP contribution in [0.25, 0.3) is 0 Å². The van der Waals surface area contributed by atoms with E-state index in [4.69, 9.17) is 14.4 Å². The maximum atomic E-state index is 11.0. The Balaban J connectivity index is 1.67. The summed E-state index contributed by atoms with van der Waals surface area (Å²) in [6.45, 7) is 9.01. The number of aromatic nitrogens is 3. The van der Waals surface area contributed by atoms with Gasteiger partial charge in [0.2, 0.25) is 0 Å². The topological polar surface area (TPSA) is 89.7 Å². The number of piperidine rings is 1. The van der Waals surface area contributed by atoms with Crippen molar-refractivity contribution in [3.05, 3.63) is 6.20 Å². The van der Waals surface area contributed by atoms with Crippen LogP contribution >= 0.6 is 0 Å². The van der Waals surface area contributed by atoms with Crippen LogP contribution < -0.4 is 5.59 Å². The lowest BCUT2D eigenvalue weighted by Gasteiger charge is -2.32. The van der Waals surface area contributed by atoms with Crippen molar-refractivity contribution in [3.8, 4) is 0 Å². The first-order valence-electron chi connectivity index (χ1n) is 7.95. The van der Waals surface area contributed by atoms with Crippen molar-refractivity contribution in [2.75, 3.05) is 13.1 Å². The predicted octanol–water partition coefficient (Wildman–Crippen LogP) is 0.892. The largest absolute Gasteiger partial charge is 0.518 e. The molecule has 23 heavy (non-hydrogen) atoms. The molecular formula is C14H23BN4O4. The van der Waals surface area contributed by atoms with Gasteiger partial charge in [0, 0.05) is 13.1 Å². The third kappa shape index (κ3) is 2.95. The van der Waals surface area contributed by atoms with E-state index in [1.54, 1.807) is 11.0 Å². The highest BCUT2D eigenvalue weighted by molar-refractivity contribution is 6.61. The number of amides is 1. The van der Waals surface area contributed by atoms with Gasteiger partial charge in [-0.15, -0.1) is 0 Å². The molecule has 1 aromatic heterocycles. The van der Waals surface area contributed by atoms with E-state index in [0.717, 1.165) is 0 Å². The van der Waals surface area contributed by atoms with Gasteiger partial charge in [-0.2, -0.15) is 15.0 Å². The number of likely N-dealkylation sites (tertiary alicyclic amines) is 1. The molecule has 3 rings (SSSR count). The average molecular weight is 322 g/mol. The molecule has 1 aromatic rings. The average Bonchev–Trinajstić information content (AvgIpc) is 3.02. The standard InChI is InChI=1S/C14H23BN4O4/c1-13(2)14(3,4)23-15(22-13)11-9-16-19(17-11)10-5-7-18(8-6-10)12(20)21/h9-10H,5-8H2,1-4H3,(H,20,21). The highest BCUT2D eigenvalue weighted by Gasteiger charge is 2.52. The van der Waals surface area contributed by atoms with Crippen LogP contribution in [-0.4, -0.2) is 62.5 Å². The van der Waals surface area contributed by atoms with Crippen LogP contribution in [0.15, 0.2) is 6.20 Å². The van der Waals surface area contributed by atoms with Gasteiger partial charge in [0.05, 0.1) is 23.4 Å². The minimum atomic E-state index is -0.866. The molecule has 0 unspecified atom stereocenters. The number of carboxylic acid groups (broad SMARTS) is 1. The minimum Gasteiger partial charge on any atom is -0.465 e. The van der Waals surface area contributed by atoms with Gasteiger partial charge in [-0.1, -0.05) is 0 Å². The maximum absolute atomic E-state index is 11.0. The molecule has 1 amide bonds. The Morgan fingerprint density at radius 3 is 2.35 bits per heavy atom. The summed E-state index contributed by atoms with van der Waals surface area (Å²) in [6.07, 6.45) is 2.23. The Bertz CT molecular complexity index is 579. The second-order valence-corrected chi connectivity index (χ2v) is 7.18. The fourth-order valence-electron chi connectivity index (χ4n) is 2.82. The molecule has 126 valence electrons. The molecule has 0 aromatic carbocycles. The van der Waals surface area contributed by atoms with Crippen molar-refractivity contribution < 1.29 is 19.2 Å². The molecule has 2 fully saturated rings. The van der Waals surface area contributed by atoms with Crippen LogP contribution in [0, 0.1) is 0 Å². The summed E-state index contributed by atoms with van der Waals surface area (Å²) in [7, 11) is -0.521. The number of hydrogen-bond donors (Lipinski definition) is 1. The molecule has 2 aliphatic rings. The van der Waals surface area contributed by atoms with Crippen molar-refractivity contribution in [1.29, 1.82) is 0 Å². The zero-order chi connectivity index (χ0) is 16.8. The fourth-order valence-corrected chi connectivity index (χ4v) is 2.82. The summed E-state index contributed by atoms with van der Waals surface area (Å²) in [5.74, 6) is 0. The van der Waals surface area contributed by atoms with E-state index in [1.165, 1.54) is 4.90 Å². The molecule has 2 aliphatic heterocycles. The lowest BCUT2D eigenvalue weighted by molar-refractivity contribution is 0.00578. The van der Waals surface area contributed by atoms with Crippen molar-refractivity contribution in [2.24, 2.45) is 0 Å². The van der Waals surface area contributed by atoms with Gasteiger partial charge in [0.1, 0.15) is 5.59 Å². The summed E-state index contributed by atoms with van der Waals surface area (Å²) in [4.78, 5) is 14.0. The zero-order valence-corrected chi connectivity index (χ0v) is 14.0. The second-order valence-electron chi connectivity index (χ2n) is 7.18. The highest BCUT2D eigenvalue weighted by Crippen LogP contribution is 2.36. The fraction of sp³-hybridized carbons (Fsp3) is 0.786. The van der Waals surface area contributed by atoms with Crippen LogP contribution in [0.1, 0.15) is 46.6 Å². The van der Waals surface area contributed by atoms with Crippen LogP contribution in [0.3, 0.4) is 0 Å². The Hall–Kier alpha value is -1.61. The number of hydrogen-bond acceptors (Lipinski definition) is 5. The summed E-state index contributed by atoms with van der Waals surface area (Å²) < 4.78 is 12.0. The highest BCUT2D eigenvalue weighted by atomic mass is 16.7. The van der Waals surface area contributed by atoms with Crippen LogP contribution in [-0.2, 0) is 9.31 Å². The third-order valence-electron chi connectivity index (χ3n) is 5.08. The predicted molar refractivity (Wildman–Crippen MR) is 83.6 cm³/mol. The number of nitrogens with zero attached hydrogens (tertiary/aromatic N) is 4. The SMILES string of the molecule is CC1(C)OB(c2cnn(C3CCN(C(=O)O)CC3)n2)OC1(C)C. The first-order chi connectivity index (χ1) is 10.7. The quantitative estimate of drug-likeness (QED) is 0.814. The summed E-state index contributed by atoms with van der Waals surface area (Å²) in [5.41, 5.74) is -0.160. The number of carbonyl (C=O) groups is 1. The van der Waals surface area contributed by atoms with E-state index in [2.05, 4.69) is 10.2 Å². The molecule has 0 spiro atoms. The monoisotopic (exact) mass is 322 g/mol. The molecule has 0 saturated carbocycles. The van der Waals surface area contributed by atoms with E-state index < -0.39 is 24.4 Å². The molecule has 0 aliphatic carbocycles. The van der Waals surface area contributed by atoms with Crippen LogP contribution in [0.4, 0.5) is 4.79 Å². The van der Waals surface area contributed by atoms with Gasteiger partial charge in [-0.25, -0.2) is 4.79 Å². The zero-order valence-electron chi connectivity index (χ0n) is 14.0. The molecule has 0 bridgehead atoms. The third-order valence-corrected chi connectivity index (χ3v) is 5.08. The van der Waals surface area contributed by atoms with Gasteiger partial charge in [0.25, 0.3) is 0 Å². The van der Waals surface area contributed by atoms with Crippen molar-refractivity contribution >= 4 is 18.8 Å². The van der Waals surface area contributed by atoms with Crippen LogP contribution in [0.2, 0.25) is 0 Å². The second kappa shape index (κ2) is 5.49. The summed E-state index contributed by atoms with van der Waals surface area (Å²) in [6, 6.07) is 0.113. The van der Waals surface area contributed by atoms with Crippen molar-refractivity contribution in [2.45, 2.75) is 57.8 Å². The minimum absolute atomic E-state index is 0.113. The number of rotatable bonds is 2. The molecule has 2 saturated heterocycles. The normalized spacial score (nSPS) is 24.2. The van der Waals surface area contributed by atoms with Crippen molar-refractivity contribution in [1.82, 2.24) is 19.9 Å². The lowest BCUT2D eigenvalue weighted by atomic mass is 9.86. The van der Waals surface area contributed by atoms with E-state index in [0.29, 0.717) is 31.5 Å². The van der Waals surface area contributed by atoms with Crippen molar-refractivity contribution in [3.63, 3.8) is 0 Å². The van der Waals surface area contributed by atoms with Gasteiger partial charge >= 0.3 is 13.2 Å². The maximum Gasteiger partial charge on any atom is 0.518 e. The Morgan fingerprint density at radius 2 is 1.83 bits per heavy atom. The van der Waals surface area contributed by atoms with E-state index >= 15 is 0 Å². The Labute approximate surface area is 135 Å². The smallest absolute Gasteiger partial charge is 0.465 e. The van der Waals surface area contributed by atoms with E-state index in [1.807, 2.05) is 27.7 Å². The van der Waals surface area contributed by atoms with Gasteiger partial charge < -0.3 is 19.3 Å². The molecule has 0 atom stereocenters. The molecular weight excluding hydrogens is 299 g/mol. The summed E-state index contributed by atoms with van der Waals surface area (Å²) in [5, 5.41) is 17.8. The lowest BCUT2D eigenvalue weighted by Crippen LogP contribution is -2.41. The summed E-state index contributed by atoms with van der Waals surface area (Å²) >= 11 is 0. The van der Waals surface area contributed by atoms with Crippen LogP contribution in [0.5, 0.6) is 0 Å². The van der Waals surface area contributed by atoms with Gasteiger partial charge in [-0.3, -0.25) is 0 Å². The molecule has 8 nitrogen and oxygen atoms in total. The molecule has 3 heterocycles. The molecule has 1 N–H and O–H groups in total. The molecule has 0 radical (unpaired) electrons. The van der Waals surface area contributed by atoms with Gasteiger partial charge in [-0.05, 0) is 40.5 Å². The first kappa shape index (κ1) is 16.3. The Kier molecular flexibility index (Phi) is 3.88. The van der Waals surface area contributed by atoms with E-state index in [-0.39, 0.29) is 6.04 Å². The Morgan fingerprint density at radius 1 is 1.26 bits per heavy atom. The molecule has 9 heteroatoms.